The van der Waals surface area contributed by atoms with Gasteiger partial charge in [-0.25, -0.2) is 4.98 Å². The highest BCUT2D eigenvalue weighted by atomic mass is 32.2. The number of ether oxygens (including phenoxy) is 1. The third-order valence-corrected chi connectivity index (χ3v) is 5.25. The average molecular weight is 357 g/mol. The zero-order valence-corrected chi connectivity index (χ0v) is 16.0. The highest BCUT2D eigenvalue weighted by Crippen LogP contribution is 2.26. The number of amides is 1. The fraction of sp³-hybridized carbons (Fsp3) is 0.421. The molecule has 0 bridgehead atoms. The van der Waals surface area contributed by atoms with E-state index in [0.29, 0.717) is 0 Å². The molecule has 0 saturated heterocycles. The minimum absolute atomic E-state index is 0.0277. The summed E-state index contributed by atoms with van der Waals surface area (Å²) in [5.41, 5.74) is 1.07. The topological polar surface area (TPSA) is 75.0 Å². The molecule has 0 fully saturated rings. The molecule has 25 heavy (non-hydrogen) atoms. The number of nitrogens with zero attached hydrogens (tertiary/aromatic N) is 2. The molecular formula is C19H23N3O2S. The minimum atomic E-state index is -0.863. The number of aryl methyl sites for hydroxylation is 1. The molecule has 5 nitrogen and oxygen atoms in total. The van der Waals surface area contributed by atoms with Gasteiger partial charge < -0.3 is 10.1 Å². The lowest BCUT2D eigenvalue weighted by molar-refractivity contribution is -0.120. The highest BCUT2D eigenvalue weighted by Gasteiger charge is 2.29. The summed E-state index contributed by atoms with van der Waals surface area (Å²) in [4.78, 5) is 16.8. The molecule has 1 aromatic heterocycles. The molecule has 0 saturated carbocycles. The van der Waals surface area contributed by atoms with E-state index in [1.165, 1.54) is 11.8 Å². The number of hydrogen-bond acceptors (Lipinski definition) is 5. The van der Waals surface area contributed by atoms with Gasteiger partial charge in [-0.2, -0.15) is 5.26 Å². The van der Waals surface area contributed by atoms with Gasteiger partial charge in [0.1, 0.15) is 11.3 Å². The van der Waals surface area contributed by atoms with Gasteiger partial charge in [-0.3, -0.25) is 4.79 Å². The predicted molar refractivity (Wildman–Crippen MR) is 101 cm³/mol. The molecule has 0 aliphatic carbocycles. The van der Waals surface area contributed by atoms with Crippen LogP contribution in [-0.2, 0) is 4.79 Å². The fourth-order valence-electron chi connectivity index (χ4n) is 2.32. The Hall–Kier alpha value is -2.26. The predicted octanol–water partition coefficient (Wildman–Crippen LogP) is 3.70. The number of aromatic nitrogens is 1. The zero-order valence-electron chi connectivity index (χ0n) is 15.2. The number of rotatable bonds is 6. The van der Waals surface area contributed by atoms with Crippen LogP contribution in [0.15, 0.2) is 29.3 Å². The quantitative estimate of drug-likeness (QED) is 0.798. The third-order valence-electron chi connectivity index (χ3n) is 4.34. The Kier molecular flexibility index (Phi) is 5.91. The van der Waals surface area contributed by atoms with Crippen LogP contribution >= 0.6 is 11.8 Å². The maximum atomic E-state index is 12.2. The van der Waals surface area contributed by atoms with Crippen LogP contribution in [0.3, 0.4) is 0 Å². The zero-order chi connectivity index (χ0) is 18.6. The smallest absolute Gasteiger partial charge is 0.231 e. The molecule has 0 unspecified atom stereocenters. The molecule has 0 aliphatic heterocycles. The monoisotopic (exact) mass is 357 g/mol. The number of thioether (sulfide) groups is 1. The van der Waals surface area contributed by atoms with E-state index in [1.807, 2.05) is 45.0 Å². The summed E-state index contributed by atoms with van der Waals surface area (Å²) >= 11 is 1.36. The first-order chi connectivity index (χ1) is 11.8. The normalized spacial score (nSPS) is 13.3. The lowest BCUT2D eigenvalue weighted by atomic mass is 9.90. The van der Waals surface area contributed by atoms with Crippen molar-refractivity contribution in [1.29, 1.82) is 5.26 Å². The number of methoxy groups -OCH3 is 1. The summed E-state index contributed by atoms with van der Waals surface area (Å²) in [7, 11) is 1.62. The van der Waals surface area contributed by atoms with Crippen molar-refractivity contribution in [2.24, 2.45) is 5.92 Å². The van der Waals surface area contributed by atoms with Crippen LogP contribution in [-0.4, -0.2) is 29.3 Å². The molecule has 1 aromatic carbocycles. The molecule has 2 aromatic rings. The summed E-state index contributed by atoms with van der Waals surface area (Å²) in [5, 5.41) is 13.9. The largest absolute Gasteiger partial charge is 0.497 e. The molecule has 2 rings (SSSR count). The molecular weight excluding hydrogens is 334 g/mol. The summed E-state index contributed by atoms with van der Waals surface area (Å²) in [6, 6.07) is 9.93. The van der Waals surface area contributed by atoms with E-state index in [4.69, 9.17) is 4.74 Å². The van der Waals surface area contributed by atoms with E-state index < -0.39 is 5.54 Å². The summed E-state index contributed by atoms with van der Waals surface area (Å²) < 4.78 is 5.25. The third kappa shape index (κ3) is 4.43. The van der Waals surface area contributed by atoms with Gasteiger partial charge >= 0.3 is 0 Å². The van der Waals surface area contributed by atoms with Crippen molar-refractivity contribution in [2.45, 2.75) is 38.3 Å². The molecule has 1 N–H and O–H groups in total. The number of fused-ring (bicyclic) bond motifs is 1. The maximum Gasteiger partial charge on any atom is 0.231 e. The van der Waals surface area contributed by atoms with Crippen molar-refractivity contribution in [1.82, 2.24) is 10.3 Å². The Labute approximate surface area is 152 Å². The van der Waals surface area contributed by atoms with Gasteiger partial charge in [-0.15, -0.1) is 0 Å². The van der Waals surface area contributed by atoms with Crippen LogP contribution < -0.4 is 10.1 Å². The first kappa shape index (κ1) is 19.1. The lowest BCUT2D eigenvalue weighted by Gasteiger charge is -2.27. The second kappa shape index (κ2) is 7.75. The van der Waals surface area contributed by atoms with Gasteiger partial charge in [-0.1, -0.05) is 25.6 Å². The van der Waals surface area contributed by atoms with Gasteiger partial charge in [0.2, 0.25) is 5.91 Å². The number of pyridine rings is 1. The van der Waals surface area contributed by atoms with Crippen molar-refractivity contribution in [3.8, 4) is 11.8 Å². The number of benzene rings is 1. The maximum absolute atomic E-state index is 12.2. The average Bonchev–Trinajstić information content (AvgIpc) is 2.59. The Balaban J connectivity index is 2.13. The van der Waals surface area contributed by atoms with Crippen LogP contribution in [0.5, 0.6) is 5.75 Å². The molecule has 1 heterocycles. The highest BCUT2D eigenvalue weighted by molar-refractivity contribution is 7.99. The van der Waals surface area contributed by atoms with Crippen molar-refractivity contribution >= 4 is 28.6 Å². The van der Waals surface area contributed by atoms with Gasteiger partial charge in [0.25, 0.3) is 0 Å². The van der Waals surface area contributed by atoms with E-state index in [-0.39, 0.29) is 17.6 Å². The standard InChI is InChI=1S/C19H23N3O2S/c1-12(2)19(4,11-20)22-17(23)10-25-18-8-13(3)15-7-6-14(24-5)9-16(15)21-18/h6-9,12H,10H2,1-5H3,(H,22,23)/t19-/m1/s1. The van der Waals surface area contributed by atoms with E-state index in [0.717, 1.165) is 27.2 Å². The SMILES string of the molecule is COc1ccc2c(C)cc(SCC(=O)N[C@](C)(C#N)C(C)C)nc2c1. The second-order valence-electron chi connectivity index (χ2n) is 6.47. The molecule has 1 amide bonds. The number of carbonyl (C=O) groups is 1. The van der Waals surface area contributed by atoms with Crippen LogP contribution in [0.2, 0.25) is 0 Å². The molecule has 1 atom stereocenters. The second-order valence-corrected chi connectivity index (χ2v) is 7.46. The number of carbonyl (C=O) groups excluding carboxylic acids is 1. The Morgan fingerprint density at radius 1 is 1.44 bits per heavy atom. The molecule has 132 valence electrons. The van der Waals surface area contributed by atoms with Gasteiger partial charge in [-0.05, 0) is 43.5 Å². The Morgan fingerprint density at radius 3 is 2.76 bits per heavy atom. The molecule has 0 radical (unpaired) electrons. The van der Waals surface area contributed by atoms with E-state index in [2.05, 4.69) is 16.4 Å². The summed E-state index contributed by atoms with van der Waals surface area (Å²) in [5.74, 6) is 0.820. The first-order valence-corrected chi connectivity index (χ1v) is 9.08. The number of nitrogens with one attached hydrogen (secondary N) is 1. The lowest BCUT2D eigenvalue weighted by Crippen LogP contribution is -2.49. The van der Waals surface area contributed by atoms with Gasteiger partial charge in [0, 0.05) is 11.5 Å². The van der Waals surface area contributed by atoms with Crippen molar-refractivity contribution in [3.05, 3.63) is 29.8 Å². The van der Waals surface area contributed by atoms with Crippen LogP contribution in [0.25, 0.3) is 10.9 Å². The van der Waals surface area contributed by atoms with Crippen molar-refractivity contribution in [2.75, 3.05) is 12.9 Å². The van der Waals surface area contributed by atoms with Gasteiger partial charge in [0.15, 0.2) is 0 Å². The van der Waals surface area contributed by atoms with Crippen LogP contribution in [0.1, 0.15) is 26.3 Å². The van der Waals surface area contributed by atoms with E-state index in [1.54, 1.807) is 14.0 Å². The molecule has 6 heteroatoms. The van der Waals surface area contributed by atoms with E-state index >= 15 is 0 Å². The van der Waals surface area contributed by atoms with Crippen molar-refractivity contribution in [3.63, 3.8) is 0 Å². The molecule has 0 aliphatic rings. The number of nitriles is 1. The van der Waals surface area contributed by atoms with Crippen LogP contribution in [0.4, 0.5) is 0 Å². The minimum Gasteiger partial charge on any atom is -0.497 e. The van der Waals surface area contributed by atoms with Crippen molar-refractivity contribution < 1.29 is 9.53 Å². The Bertz CT molecular complexity index is 829. The summed E-state index contributed by atoms with van der Waals surface area (Å²) in [6.45, 7) is 7.59. The van der Waals surface area contributed by atoms with Crippen LogP contribution in [0, 0.1) is 24.2 Å². The summed E-state index contributed by atoms with van der Waals surface area (Å²) in [6.07, 6.45) is 0. The van der Waals surface area contributed by atoms with E-state index in [9.17, 15) is 10.1 Å². The van der Waals surface area contributed by atoms with Gasteiger partial charge in [0.05, 0.1) is 29.5 Å². The number of hydrogen-bond donors (Lipinski definition) is 1. The fourth-order valence-corrected chi connectivity index (χ4v) is 3.09. The first-order valence-electron chi connectivity index (χ1n) is 8.09. The molecule has 0 spiro atoms. The Morgan fingerprint density at radius 2 is 2.16 bits per heavy atom.